The SMILES string of the molecule is OC(c1cc(F)c(F)cc1Cl)c1ccoc1Br. The van der Waals surface area contributed by atoms with E-state index < -0.39 is 17.7 Å². The smallest absolute Gasteiger partial charge is 0.175 e. The molecule has 6 heteroatoms. The molecule has 1 aromatic carbocycles. The van der Waals surface area contributed by atoms with Gasteiger partial charge in [-0.05, 0) is 34.1 Å². The molecule has 90 valence electrons. The number of aliphatic hydroxyl groups is 1. The molecule has 0 aliphatic rings. The highest BCUT2D eigenvalue weighted by molar-refractivity contribution is 9.10. The fourth-order valence-corrected chi connectivity index (χ4v) is 2.12. The normalized spacial score (nSPS) is 12.8. The lowest BCUT2D eigenvalue weighted by atomic mass is 10.0. The molecule has 0 spiro atoms. The fraction of sp³-hybridized carbons (Fsp3) is 0.0909. The topological polar surface area (TPSA) is 33.4 Å². The van der Waals surface area contributed by atoms with Crippen molar-refractivity contribution in [3.63, 3.8) is 0 Å². The first kappa shape index (κ1) is 12.5. The molecule has 2 aromatic rings. The predicted molar refractivity (Wildman–Crippen MR) is 61.8 cm³/mol. The van der Waals surface area contributed by atoms with Crippen molar-refractivity contribution in [2.45, 2.75) is 6.10 Å². The van der Waals surface area contributed by atoms with Crippen molar-refractivity contribution in [1.29, 1.82) is 0 Å². The Bertz CT molecular complexity index is 556. The third-order valence-corrected chi connectivity index (χ3v) is 3.25. The van der Waals surface area contributed by atoms with Crippen LogP contribution in [0.4, 0.5) is 8.78 Å². The van der Waals surface area contributed by atoms with Gasteiger partial charge in [-0.3, -0.25) is 0 Å². The molecule has 0 saturated carbocycles. The third-order valence-electron chi connectivity index (χ3n) is 2.27. The summed E-state index contributed by atoms with van der Waals surface area (Å²) in [6.45, 7) is 0. The summed E-state index contributed by atoms with van der Waals surface area (Å²) in [6.07, 6.45) is 0.168. The first-order valence-electron chi connectivity index (χ1n) is 4.56. The van der Waals surface area contributed by atoms with Crippen LogP contribution in [-0.4, -0.2) is 5.11 Å². The van der Waals surface area contributed by atoms with Gasteiger partial charge in [0.15, 0.2) is 16.3 Å². The maximum Gasteiger partial charge on any atom is 0.175 e. The number of furan rings is 1. The van der Waals surface area contributed by atoms with Gasteiger partial charge in [-0.15, -0.1) is 0 Å². The molecule has 0 radical (unpaired) electrons. The van der Waals surface area contributed by atoms with Crippen LogP contribution in [0.2, 0.25) is 5.02 Å². The minimum absolute atomic E-state index is 0.0514. The van der Waals surface area contributed by atoms with Crippen LogP contribution in [0, 0.1) is 11.6 Å². The van der Waals surface area contributed by atoms with Crippen LogP contribution < -0.4 is 0 Å². The molecule has 17 heavy (non-hydrogen) atoms. The lowest BCUT2D eigenvalue weighted by molar-refractivity contribution is 0.217. The highest BCUT2D eigenvalue weighted by Gasteiger charge is 2.20. The number of halogens is 4. The van der Waals surface area contributed by atoms with E-state index in [0.717, 1.165) is 12.1 Å². The van der Waals surface area contributed by atoms with E-state index in [1.807, 2.05) is 0 Å². The van der Waals surface area contributed by atoms with Crippen molar-refractivity contribution < 1.29 is 18.3 Å². The lowest BCUT2D eigenvalue weighted by Gasteiger charge is -2.12. The number of rotatable bonds is 2. The molecule has 0 amide bonds. The molecule has 1 atom stereocenters. The van der Waals surface area contributed by atoms with Crippen molar-refractivity contribution in [3.8, 4) is 0 Å². The van der Waals surface area contributed by atoms with E-state index in [2.05, 4.69) is 15.9 Å². The van der Waals surface area contributed by atoms with Gasteiger partial charge in [-0.25, -0.2) is 8.78 Å². The minimum Gasteiger partial charge on any atom is -0.457 e. The quantitative estimate of drug-likeness (QED) is 0.846. The van der Waals surface area contributed by atoms with E-state index in [4.69, 9.17) is 16.0 Å². The predicted octanol–water partition coefficient (Wildman–Crippen LogP) is 4.06. The molecule has 0 aliphatic carbocycles. The van der Waals surface area contributed by atoms with Crippen molar-refractivity contribution in [2.75, 3.05) is 0 Å². The maximum absolute atomic E-state index is 13.1. The molecule has 0 bridgehead atoms. The Morgan fingerprint density at radius 3 is 2.47 bits per heavy atom. The monoisotopic (exact) mass is 322 g/mol. The molecule has 0 saturated heterocycles. The van der Waals surface area contributed by atoms with Gasteiger partial charge in [0, 0.05) is 16.1 Å². The van der Waals surface area contributed by atoms with Crippen LogP contribution in [0.5, 0.6) is 0 Å². The van der Waals surface area contributed by atoms with Crippen LogP contribution in [0.25, 0.3) is 0 Å². The summed E-state index contributed by atoms with van der Waals surface area (Å²) in [5.74, 6) is -2.12. The Morgan fingerprint density at radius 2 is 1.88 bits per heavy atom. The van der Waals surface area contributed by atoms with E-state index in [9.17, 15) is 13.9 Å². The van der Waals surface area contributed by atoms with Crippen molar-refractivity contribution in [1.82, 2.24) is 0 Å². The number of hydrogen-bond acceptors (Lipinski definition) is 2. The summed E-state index contributed by atoms with van der Waals surface area (Å²) in [5, 5.41) is 9.94. The van der Waals surface area contributed by atoms with Crippen LogP contribution in [0.15, 0.2) is 33.5 Å². The van der Waals surface area contributed by atoms with Crippen molar-refractivity contribution in [2.24, 2.45) is 0 Å². The number of benzene rings is 1. The van der Waals surface area contributed by atoms with Crippen molar-refractivity contribution >= 4 is 27.5 Å². The first-order valence-corrected chi connectivity index (χ1v) is 5.73. The third kappa shape index (κ3) is 2.36. The van der Waals surface area contributed by atoms with Gasteiger partial charge < -0.3 is 9.52 Å². The van der Waals surface area contributed by atoms with E-state index in [1.165, 1.54) is 12.3 Å². The average Bonchev–Trinajstić information content (AvgIpc) is 2.69. The Labute approximate surface area is 109 Å². The van der Waals surface area contributed by atoms with Crippen LogP contribution >= 0.6 is 27.5 Å². The van der Waals surface area contributed by atoms with Gasteiger partial charge in [0.25, 0.3) is 0 Å². The van der Waals surface area contributed by atoms with E-state index >= 15 is 0 Å². The summed E-state index contributed by atoms with van der Waals surface area (Å²) in [4.78, 5) is 0. The fourth-order valence-electron chi connectivity index (χ4n) is 1.41. The zero-order chi connectivity index (χ0) is 12.6. The summed E-state index contributed by atoms with van der Waals surface area (Å²) >= 11 is 8.84. The second kappa shape index (κ2) is 4.76. The standard InChI is InChI=1S/C11H6BrClF2O2/c12-11-5(1-2-17-11)10(16)6-3-8(14)9(15)4-7(6)13/h1-4,10,16H. The zero-order valence-electron chi connectivity index (χ0n) is 8.25. The van der Waals surface area contributed by atoms with Gasteiger partial charge in [0.2, 0.25) is 0 Å². The highest BCUT2D eigenvalue weighted by atomic mass is 79.9. The largest absolute Gasteiger partial charge is 0.457 e. The zero-order valence-corrected chi connectivity index (χ0v) is 10.6. The highest BCUT2D eigenvalue weighted by Crippen LogP contribution is 2.33. The van der Waals surface area contributed by atoms with Crippen LogP contribution in [-0.2, 0) is 0 Å². The maximum atomic E-state index is 13.1. The summed E-state index contributed by atoms with van der Waals surface area (Å²) in [6, 6.07) is 3.19. The van der Waals surface area contributed by atoms with Crippen molar-refractivity contribution in [3.05, 3.63) is 56.9 Å². The van der Waals surface area contributed by atoms with Gasteiger partial charge in [0.1, 0.15) is 6.10 Å². The molecule has 1 aromatic heterocycles. The lowest BCUT2D eigenvalue weighted by Crippen LogP contribution is -2.02. The molecule has 2 nitrogen and oxygen atoms in total. The van der Waals surface area contributed by atoms with Crippen LogP contribution in [0.1, 0.15) is 17.2 Å². The Kier molecular flexibility index (Phi) is 3.51. The minimum atomic E-state index is -1.19. The molecular weight excluding hydrogens is 317 g/mol. The van der Waals surface area contributed by atoms with Crippen LogP contribution in [0.3, 0.4) is 0 Å². The Morgan fingerprint density at radius 1 is 1.24 bits per heavy atom. The average molecular weight is 324 g/mol. The van der Waals surface area contributed by atoms with Gasteiger partial charge in [0.05, 0.1) is 6.26 Å². The molecule has 1 unspecified atom stereocenters. The summed E-state index contributed by atoms with van der Waals surface area (Å²) in [7, 11) is 0. The van der Waals surface area contributed by atoms with Gasteiger partial charge in [-0.2, -0.15) is 0 Å². The van der Waals surface area contributed by atoms with E-state index in [-0.39, 0.29) is 10.6 Å². The van der Waals surface area contributed by atoms with E-state index in [0.29, 0.717) is 10.2 Å². The molecule has 0 aliphatic heterocycles. The molecule has 2 rings (SSSR count). The Balaban J connectivity index is 2.48. The molecular formula is C11H6BrClF2O2. The summed E-state index contributed by atoms with van der Waals surface area (Å²) in [5.41, 5.74) is 0.463. The second-order valence-corrected chi connectivity index (χ2v) is 4.47. The molecule has 1 N–H and O–H groups in total. The second-order valence-electron chi connectivity index (χ2n) is 3.34. The van der Waals surface area contributed by atoms with Gasteiger partial charge in [-0.1, -0.05) is 11.6 Å². The Hall–Kier alpha value is -0.910. The summed E-state index contributed by atoms with van der Waals surface area (Å²) < 4.78 is 31.2. The first-order chi connectivity index (χ1) is 8.00. The number of hydrogen-bond donors (Lipinski definition) is 1. The molecule has 0 fully saturated rings. The van der Waals surface area contributed by atoms with E-state index in [1.54, 1.807) is 0 Å². The molecule has 1 heterocycles. The van der Waals surface area contributed by atoms with Gasteiger partial charge >= 0.3 is 0 Å². The number of aliphatic hydroxyl groups excluding tert-OH is 1.